The largest absolute Gasteiger partial charge is 0.335 e. The molecule has 6 heteroatoms. The quantitative estimate of drug-likeness (QED) is 0.794. The average Bonchev–Trinajstić information content (AvgIpc) is 3.09. The third-order valence-corrected chi connectivity index (χ3v) is 5.78. The van der Waals surface area contributed by atoms with Crippen LogP contribution in [-0.4, -0.2) is 60.4 Å². The Hall–Kier alpha value is -2.18. The van der Waals surface area contributed by atoms with Crippen molar-refractivity contribution in [3.63, 3.8) is 0 Å². The Morgan fingerprint density at radius 3 is 2.26 bits per heavy atom. The lowest BCUT2D eigenvalue weighted by molar-refractivity contribution is -0.120. The number of para-hydroxylation sites is 1. The van der Waals surface area contributed by atoms with Crippen LogP contribution in [0.25, 0.3) is 0 Å². The minimum absolute atomic E-state index is 0.102. The number of hydrogen-bond acceptors (Lipinski definition) is 4. The Balaban J connectivity index is 1.56. The van der Waals surface area contributed by atoms with E-state index in [0.29, 0.717) is 19.6 Å². The van der Waals surface area contributed by atoms with Crippen LogP contribution in [0.5, 0.6) is 0 Å². The lowest BCUT2D eigenvalue weighted by Crippen LogP contribution is -2.52. The molecule has 1 aliphatic rings. The molecule has 0 bridgehead atoms. The number of anilines is 1. The van der Waals surface area contributed by atoms with E-state index < -0.39 is 0 Å². The molecule has 0 saturated carbocycles. The van der Waals surface area contributed by atoms with Crippen molar-refractivity contribution in [2.24, 2.45) is 0 Å². The van der Waals surface area contributed by atoms with E-state index in [1.807, 2.05) is 73.0 Å². The SMILES string of the molecule is Cc1ccc(C(=O)N2CCN(CC(=O)N(c3ccccc3)C(C)C)CC2)s1. The van der Waals surface area contributed by atoms with E-state index in [1.54, 1.807) is 11.3 Å². The zero-order valence-electron chi connectivity index (χ0n) is 16.2. The summed E-state index contributed by atoms with van der Waals surface area (Å²) in [5.41, 5.74) is 0.930. The summed E-state index contributed by atoms with van der Waals surface area (Å²) < 4.78 is 0. The van der Waals surface area contributed by atoms with E-state index in [4.69, 9.17) is 0 Å². The number of nitrogens with zero attached hydrogens (tertiary/aromatic N) is 3. The minimum atomic E-state index is 0.102. The zero-order chi connectivity index (χ0) is 19.4. The second kappa shape index (κ2) is 8.67. The van der Waals surface area contributed by atoms with Crippen molar-refractivity contribution in [1.29, 1.82) is 0 Å². The summed E-state index contributed by atoms with van der Waals surface area (Å²) in [6, 6.07) is 13.8. The second-order valence-corrected chi connectivity index (χ2v) is 8.46. The maximum Gasteiger partial charge on any atom is 0.264 e. The Labute approximate surface area is 165 Å². The summed E-state index contributed by atoms with van der Waals surface area (Å²) in [5.74, 6) is 0.206. The number of thiophene rings is 1. The first-order chi connectivity index (χ1) is 13.0. The molecule has 1 aliphatic heterocycles. The van der Waals surface area contributed by atoms with Gasteiger partial charge in [0.1, 0.15) is 0 Å². The first-order valence-electron chi connectivity index (χ1n) is 9.41. The van der Waals surface area contributed by atoms with Gasteiger partial charge in [-0.25, -0.2) is 0 Å². The molecule has 2 aromatic rings. The third-order valence-electron chi connectivity index (χ3n) is 4.79. The fourth-order valence-electron chi connectivity index (χ4n) is 3.40. The first-order valence-corrected chi connectivity index (χ1v) is 10.2. The Morgan fingerprint density at radius 1 is 1.04 bits per heavy atom. The van der Waals surface area contributed by atoms with Crippen LogP contribution in [0.1, 0.15) is 28.4 Å². The monoisotopic (exact) mass is 385 g/mol. The van der Waals surface area contributed by atoms with Gasteiger partial charge in [0.15, 0.2) is 0 Å². The van der Waals surface area contributed by atoms with Gasteiger partial charge < -0.3 is 9.80 Å². The standard InChI is InChI=1S/C21H27N3O2S/c1-16(2)24(18-7-5-4-6-8-18)20(25)15-22-11-13-23(14-12-22)21(26)19-10-9-17(3)27-19/h4-10,16H,11-15H2,1-3H3. The Morgan fingerprint density at radius 2 is 1.70 bits per heavy atom. The number of carbonyl (C=O) groups excluding carboxylic acids is 2. The molecular formula is C21H27N3O2S. The molecule has 0 aliphatic carbocycles. The molecule has 5 nitrogen and oxygen atoms in total. The van der Waals surface area contributed by atoms with Gasteiger partial charge in [0.25, 0.3) is 5.91 Å². The average molecular weight is 386 g/mol. The fourth-order valence-corrected chi connectivity index (χ4v) is 4.24. The highest BCUT2D eigenvalue weighted by atomic mass is 32.1. The van der Waals surface area contributed by atoms with Gasteiger partial charge in [0, 0.05) is 42.8 Å². The molecule has 1 saturated heterocycles. The van der Waals surface area contributed by atoms with Crippen molar-refractivity contribution in [2.45, 2.75) is 26.8 Å². The van der Waals surface area contributed by atoms with Gasteiger partial charge in [-0.2, -0.15) is 0 Å². The molecule has 2 amide bonds. The van der Waals surface area contributed by atoms with Gasteiger partial charge in [0.2, 0.25) is 5.91 Å². The van der Waals surface area contributed by atoms with Crippen LogP contribution < -0.4 is 4.90 Å². The predicted octanol–water partition coefficient (Wildman–Crippen LogP) is 3.26. The lowest BCUT2D eigenvalue weighted by Gasteiger charge is -2.36. The predicted molar refractivity (Wildman–Crippen MR) is 110 cm³/mol. The summed E-state index contributed by atoms with van der Waals surface area (Å²) in [5, 5.41) is 0. The molecule has 0 radical (unpaired) electrons. The van der Waals surface area contributed by atoms with Crippen molar-refractivity contribution in [3.8, 4) is 0 Å². The molecule has 0 unspecified atom stereocenters. The lowest BCUT2D eigenvalue weighted by atomic mass is 10.2. The van der Waals surface area contributed by atoms with Crippen LogP contribution in [0.2, 0.25) is 0 Å². The van der Waals surface area contributed by atoms with Crippen molar-refractivity contribution >= 4 is 28.8 Å². The molecule has 1 aromatic heterocycles. The highest BCUT2D eigenvalue weighted by Gasteiger charge is 2.26. The zero-order valence-corrected chi connectivity index (χ0v) is 17.0. The van der Waals surface area contributed by atoms with E-state index in [2.05, 4.69) is 4.90 Å². The van der Waals surface area contributed by atoms with Crippen molar-refractivity contribution in [3.05, 3.63) is 52.2 Å². The molecule has 144 valence electrons. The van der Waals surface area contributed by atoms with Crippen LogP contribution in [0.3, 0.4) is 0 Å². The molecule has 0 atom stereocenters. The number of aryl methyl sites for hydroxylation is 1. The number of amides is 2. The van der Waals surface area contributed by atoms with E-state index >= 15 is 0 Å². The smallest absolute Gasteiger partial charge is 0.264 e. The molecule has 3 rings (SSSR count). The second-order valence-electron chi connectivity index (χ2n) is 7.17. The van der Waals surface area contributed by atoms with Crippen molar-refractivity contribution < 1.29 is 9.59 Å². The molecule has 1 aromatic carbocycles. The maximum absolute atomic E-state index is 12.9. The van der Waals surface area contributed by atoms with Crippen molar-refractivity contribution in [1.82, 2.24) is 9.80 Å². The highest BCUT2D eigenvalue weighted by Crippen LogP contribution is 2.19. The van der Waals surface area contributed by atoms with Crippen LogP contribution in [0, 0.1) is 6.92 Å². The molecule has 1 fully saturated rings. The van der Waals surface area contributed by atoms with Crippen LogP contribution in [0.4, 0.5) is 5.69 Å². The first kappa shape index (κ1) is 19.6. The summed E-state index contributed by atoms with van der Waals surface area (Å²) >= 11 is 1.54. The van der Waals surface area contributed by atoms with Crippen molar-refractivity contribution in [2.75, 3.05) is 37.6 Å². The van der Waals surface area contributed by atoms with E-state index in [0.717, 1.165) is 28.5 Å². The number of hydrogen-bond donors (Lipinski definition) is 0. The topological polar surface area (TPSA) is 43.9 Å². The molecule has 2 heterocycles. The van der Waals surface area contributed by atoms with E-state index in [-0.39, 0.29) is 17.9 Å². The summed E-state index contributed by atoms with van der Waals surface area (Å²) in [7, 11) is 0. The highest BCUT2D eigenvalue weighted by molar-refractivity contribution is 7.13. The van der Waals surface area contributed by atoms with E-state index in [1.165, 1.54) is 0 Å². The van der Waals surface area contributed by atoms with Crippen LogP contribution >= 0.6 is 11.3 Å². The van der Waals surface area contributed by atoms with Gasteiger partial charge in [-0.3, -0.25) is 14.5 Å². The minimum Gasteiger partial charge on any atom is -0.335 e. The number of carbonyl (C=O) groups is 2. The molecule has 0 spiro atoms. The van der Waals surface area contributed by atoms with Crippen LogP contribution in [-0.2, 0) is 4.79 Å². The van der Waals surface area contributed by atoms with Gasteiger partial charge >= 0.3 is 0 Å². The fraction of sp³-hybridized carbons (Fsp3) is 0.429. The van der Waals surface area contributed by atoms with Crippen LogP contribution in [0.15, 0.2) is 42.5 Å². The molecule has 27 heavy (non-hydrogen) atoms. The van der Waals surface area contributed by atoms with Gasteiger partial charge in [-0.1, -0.05) is 18.2 Å². The molecular weight excluding hydrogens is 358 g/mol. The Kier molecular flexibility index (Phi) is 6.29. The molecule has 0 N–H and O–H groups in total. The number of rotatable bonds is 5. The number of piperazine rings is 1. The third kappa shape index (κ3) is 4.76. The summed E-state index contributed by atoms with van der Waals surface area (Å²) in [4.78, 5) is 33.3. The normalized spacial score (nSPS) is 15.2. The number of benzene rings is 1. The summed E-state index contributed by atoms with van der Waals surface area (Å²) in [6.45, 7) is 9.23. The van der Waals surface area contributed by atoms with Gasteiger partial charge in [-0.15, -0.1) is 11.3 Å². The van der Waals surface area contributed by atoms with Gasteiger partial charge in [-0.05, 0) is 45.0 Å². The van der Waals surface area contributed by atoms with E-state index in [9.17, 15) is 9.59 Å². The maximum atomic E-state index is 12.9. The summed E-state index contributed by atoms with van der Waals surface area (Å²) in [6.07, 6.45) is 0. The van der Waals surface area contributed by atoms with Gasteiger partial charge in [0.05, 0.1) is 11.4 Å². The Bertz CT molecular complexity index is 780.